The number of hydrogen-bond acceptors (Lipinski definition) is 6. The summed E-state index contributed by atoms with van der Waals surface area (Å²) >= 11 is 0. The van der Waals surface area contributed by atoms with Crippen LogP contribution in [0.15, 0.2) is 29.2 Å². The SMILES string of the molecule is CC(C)CC(NS(=O)(=O)c1cccc(-c2nnnn2C)c1)C(=O)O. The van der Waals surface area contributed by atoms with Gasteiger partial charge in [0.1, 0.15) is 6.04 Å². The normalized spacial score (nSPS) is 13.2. The van der Waals surface area contributed by atoms with Crippen molar-refractivity contribution < 1.29 is 18.3 Å². The number of hydrogen-bond donors (Lipinski definition) is 2. The summed E-state index contributed by atoms with van der Waals surface area (Å²) in [5, 5.41) is 20.3. The molecule has 1 aromatic carbocycles. The molecule has 0 aliphatic carbocycles. The first-order chi connectivity index (χ1) is 11.2. The average Bonchev–Trinajstić information content (AvgIpc) is 2.92. The van der Waals surface area contributed by atoms with Crippen molar-refractivity contribution in [3.8, 4) is 11.4 Å². The summed E-state index contributed by atoms with van der Waals surface area (Å²) in [4.78, 5) is 11.2. The summed E-state index contributed by atoms with van der Waals surface area (Å²) in [5.74, 6) is -0.769. The third-order valence-corrected chi connectivity index (χ3v) is 4.79. The topological polar surface area (TPSA) is 127 Å². The highest BCUT2D eigenvalue weighted by molar-refractivity contribution is 7.89. The van der Waals surface area contributed by atoms with Gasteiger partial charge in [0.2, 0.25) is 10.0 Å². The molecular formula is C14H19N5O4S. The highest BCUT2D eigenvalue weighted by Gasteiger charge is 2.26. The predicted octanol–water partition coefficient (Wildman–Crippen LogP) is 0.655. The van der Waals surface area contributed by atoms with Gasteiger partial charge in [0, 0.05) is 12.6 Å². The smallest absolute Gasteiger partial charge is 0.321 e. The van der Waals surface area contributed by atoms with E-state index >= 15 is 0 Å². The number of aromatic nitrogens is 4. The number of nitrogens with one attached hydrogen (secondary N) is 1. The van der Waals surface area contributed by atoms with Gasteiger partial charge >= 0.3 is 5.97 Å². The van der Waals surface area contributed by atoms with Crippen LogP contribution in [0.5, 0.6) is 0 Å². The fraction of sp³-hybridized carbons (Fsp3) is 0.429. The summed E-state index contributed by atoms with van der Waals surface area (Å²) in [5.41, 5.74) is 0.515. The minimum atomic E-state index is -3.99. The van der Waals surface area contributed by atoms with Crippen LogP contribution >= 0.6 is 0 Å². The van der Waals surface area contributed by atoms with Crippen LogP contribution in [0.4, 0.5) is 0 Å². The Bertz CT molecular complexity index is 831. The zero-order valence-electron chi connectivity index (χ0n) is 13.5. The highest BCUT2D eigenvalue weighted by Crippen LogP contribution is 2.20. The monoisotopic (exact) mass is 353 g/mol. The maximum absolute atomic E-state index is 12.5. The average molecular weight is 353 g/mol. The van der Waals surface area contributed by atoms with Gasteiger partial charge in [-0.15, -0.1) is 5.10 Å². The van der Waals surface area contributed by atoms with Gasteiger partial charge in [0.15, 0.2) is 5.82 Å². The van der Waals surface area contributed by atoms with E-state index in [0.717, 1.165) is 0 Å². The molecule has 0 aliphatic rings. The molecule has 0 aliphatic heterocycles. The van der Waals surface area contributed by atoms with Gasteiger partial charge in [-0.2, -0.15) is 4.72 Å². The van der Waals surface area contributed by atoms with E-state index in [1.807, 2.05) is 13.8 Å². The number of carbonyl (C=O) groups is 1. The number of carboxylic acid groups (broad SMARTS) is 1. The van der Waals surface area contributed by atoms with Crippen molar-refractivity contribution >= 4 is 16.0 Å². The van der Waals surface area contributed by atoms with Crippen LogP contribution in [-0.4, -0.2) is 45.7 Å². The van der Waals surface area contributed by atoms with E-state index in [-0.39, 0.29) is 17.2 Å². The number of aryl methyl sites for hydroxylation is 1. The summed E-state index contributed by atoms with van der Waals surface area (Å²) in [6.45, 7) is 3.65. The second kappa shape index (κ2) is 7.05. The fourth-order valence-corrected chi connectivity index (χ4v) is 3.45. The Morgan fingerprint density at radius 3 is 2.62 bits per heavy atom. The lowest BCUT2D eigenvalue weighted by Crippen LogP contribution is -2.41. The lowest BCUT2D eigenvalue weighted by Gasteiger charge is -2.16. The second-order valence-corrected chi connectivity index (χ2v) is 7.51. The maximum Gasteiger partial charge on any atom is 0.321 e. The van der Waals surface area contributed by atoms with E-state index in [9.17, 15) is 18.3 Å². The molecule has 2 N–H and O–H groups in total. The molecular weight excluding hydrogens is 334 g/mol. The van der Waals surface area contributed by atoms with Gasteiger partial charge in [-0.25, -0.2) is 13.1 Å². The van der Waals surface area contributed by atoms with Gasteiger partial charge in [-0.3, -0.25) is 4.79 Å². The number of carboxylic acids is 1. The standard InChI is InChI=1S/C14H19N5O4S/c1-9(2)7-12(14(20)21)16-24(22,23)11-6-4-5-10(8-11)13-15-17-18-19(13)3/h4-6,8-9,12,16H,7H2,1-3H3,(H,20,21). The highest BCUT2D eigenvalue weighted by atomic mass is 32.2. The van der Waals surface area contributed by atoms with Crippen molar-refractivity contribution in [2.45, 2.75) is 31.2 Å². The fourth-order valence-electron chi connectivity index (χ4n) is 2.20. The van der Waals surface area contributed by atoms with Crippen LogP contribution in [0.2, 0.25) is 0 Å². The largest absolute Gasteiger partial charge is 0.480 e. The van der Waals surface area contributed by atoms with Gasteiger partial charge < -0.3 is 5.11 Å². The summed E-state index contributed by atoms with van der Waals surface area (Å²) in [6, 6.07) is 4.84. The molecule has 1 heterocycles. The molecule has 2 aromatic rings. The van der Waals surface area contributed by atoms with E-state index < -0.39 is 22.0 Å². The molecule has 130 valence electrons. The molecule has 1 atom stereocenters. The maximum atomic E-state index is 12.5. The van der Waals surface area contributed by atoms with Crippen molar-refractivity contribution in [2.75, 3.05) is 0 Å². The summed E-state index contributed by atoms with van der Waals surface area (Å²) < 4.78 is 28.7. The van der Waals surface area contributed by atoms with Crippen LogP contribution in [0.3, 0.4) is 0 Å². The Kier molecular flexibility index (Phi) is 5.30. The molecule has 24 heavy (non-hydrogen) atoms. The van der Waals surface area contributed by atoms with Gasteiger partial charge in [0.05, 0.1) is 4.90 Å². The van der Waals surface area contributed by atoms with Crippen molar-refractivity contribution in [3.05, 3.63) is 24.3 Å². The molecule has 1 unspecified atom stereocenters. The van der Waals surface area contributed by atoms with Crippen LogP contribution in [0, 0.1) is 5.92 Å². The van der Waals surface area contributed by atoms with Gasteiger partial charge in [0.25, 0.3) is 0 Å². The van der Waals surface area contributed by atoms with E-state index in [0.29, 0.717) is 11.4 Å². The number of tetrazole rings is 1. The summed E-state index contributed by atoms with van der Waals surface area (Å²) in [6.07, 6.45) is 0.196. The Labute approximate surface area is 139 Å². The first-order valence-electron chi connectivity index (χ1n) is 7.28. The number of aliphatic carboxylic acids is 1. The first kappa shape index (κ1) is 18.0. The number of benzene rings is 1. The molecule has 0 bridgehead atoms. The van der Waals surface area contributed by atoms with Crippen LogP contribution in [0.1, 0.15) is 20.3 Å². The number of sulfonamides is 1. The number of nitrogens with zero attached hydrogens (tertiary/aromatic N) is 4. The van der Waals surface area contributed by atoms with E-state index in [2.05, 4.69) is 20.2 Å². The Balaban J connectivity index is 2.32. The Hall–Kier alpha value is -2.33. The quantitative estimate of drug-likeness (QED) is 0.748. The van der Waals surface area contributed by atoms with Gasteiger partial charge in [-0.05, 0) is 34.9 Å². The van der Waals surface area contributed by atoms with Crippen molar-refractivity contribution in [1.82, 2.24) is 24.9 Å². The molecule has 2 rings (SSSR count). The molecule has 0 radical (unpaired) electrons. The summed E-state index contributed by atoms with van der Waals surface area (Å²) in [7, 11) is -2.35. The van der Waals surface area contributed by atoms with Crippen LogP contribution < -0.4 is 4.72 Å². The molecule has 0 saturated heterocycles. The second-order valence-electron chi connectivity index (χ2n) is 5.80. The zero-order valence-corrected chi connectivity index (χ0v) is 14.4. The van der Waals surface area contributed by atoms with Crippen LogP contribution in [-0.2, 0) is 21.9 Å². The minimum absolute atomic E-state index is 0.0323. The minimum Gasteiger partial charge on any atom is -0.480 e. The molecule has 0 fully saturated rings. The molecule has 9 nitrogen and oxygen atoms in total. The zero-order chi connectivity index (χ0) is 17.9. The van der Waals surface area contributed by atoms with Crippen LogP contribution in [0.25, 0.3) is 11.4 Å². The predicted molar refractivity (Wildman–Crippen MR) is 85.4 cm³/mol. The number of rotatable bonds is 7. The van der Waals surface area contributed by atoms with Crippen molar-refractivity contribution in [2.24, 2.45) is 13.0 Å². The Morgan fingerprint density at radius 1 is 1.38 bits per heavy atom. The van der Waals surface area contributed by atoms with Gasteiger partial charge in [-0.1, -0.05) is 26.0 Å². The van der Waals surface area contributed by atoms with E-state index in [1.165, 1.54) is 16.8 Å². The van der Waals surface area contributed by atoms with E-state index in [4.69, 9.17) is 0 Å². The Morgan fingerprint density at radius 2 is 2.08 bits per heavy atom. The molecule has 0 spiro atoms. The molecule has 10 heteroatoms. The third-order valence-electron chi connectivity index (χ3n) is 3.33. The third kappa shape index (κ3) is 4.15. The van der Waals surface area contributed by atoms with Crippen molar-refractivity contribution in [1.29, 1.82) is 0 Å². The molecule has 0 saturated carbocycles. The lowest BCUT2D eigenvalue weighted by molar-refractivity contribution is -0.139. The molecule has 0 amide bonds. The molecule has 1 aromatic heterocycles. The lowest BCUT2D eigenvalue weighted by atomic mass is 10.1. The van der Waals surface area contributed by atoms with E-state index in [1.54, 1.807) is 19.2 Å². The van der Waals surface area contributed by atoms with Crippen molar-refractivity contribution in [3.63, 3.8) is 0 Å². The first-order valence-corrected chi connectivity index (χ1v) is 8.77.